The molecule has 0 aromatic heterocycles. The van der Waals surface area contributed by atoms with Gasteiger partial charge < -0.3 is 9.80 Å². The Morgan fingerprint density at radius 2 is 1.76 bits per heavy atom. The molecule has 0 aromatic carbocycles. The van der Waals surface area contributed by atoms with Gasteiger partial charge in [0.05, 0.1) is 0 Å². The second kappa shape index (κ2) is 6.19. The highest BCUT2D eigenvalue weighted by molar-refractivity contribution is 4.85. The van der Waals surface area contributed by atoms with Gasteiger partial charge in [-0.15, -0.1) is 0 Å². The lowest BCUT2D eigenvalue weighted by Gasteiger charge is -2.36. The van der Waals surface area contributed by atoms with Crippen LogP contribution in [-0.4, -0.2) is 48.6 Å². The van der Waals surface area contributed by atoms with E-state index in [9.17, 15) is 0 Å². The summed E-state index contributed by atoms with van der Waals surface area (Å²) in [6.45, 7) is 13.7. The first-order chi connectivity index (χ1) is 8.19. The highest BCUT2D eigenvalue weighted by Crippen LogP contribution is 2.27. The maximum atomic E-state index is 2.79. The van der Waals surface area contributed by atoms with E-state index in [-0.39, 0.29) is 0 Å². The van der Waals surface area contributed by atoms with Crippen LogP contribution in [0.15, 0.2) is 0 Å². The number of rotatable bonds is 4. The average molecular weight is 238 g/mol. The van der Waals surface area contributed by atoms with Crippen molar-refractivity contribution in [3.63, 3.8) is 0 Å². The number of nitrogens with zero attached hydrogens (tertiary/aromatic N) is 2. The number of hydrogen-bond acceptors (Lipinski definition) is 2. The van der Waals surface area contributed by atoms with Gasteiger partial charge in [-0.3, -0.25) is 0 Å². The summed E-state index contributed by atoms with van der Waals surface area (Å²) in [6.07, 6.45) is 5.70. The third-order valence-corrected chi connectivity index (χ3v) is 4.64. The normalized spacial score (nSPS) is 29.3. The molecule has 2 heterocycles. The second-order valence-corrected chi connectivity index (χ2v) is 6.44. The molecule has 2 rings (SSSR count). The van der Waals surface area contributed by atoms with Gasteiger partial charge in [-0.25, -0.2) is 0 Å². The van der Waals surface area contributed by atoms with Crippen LogP contribution in [0.1, 0.15) is 46.5 Å². The minimum absolute atomic E-state index is 0.877. The van der Waals surface area contributed by atoms with E-state index >= 15 is 0 Å². The molecule has 0 saturated carbocycles. The summed E-state index contributed by atoms with van der Waals surface area (Å²) in [6, 6.07) is 0.898. The molecule has 0 N–H and O–H groups in total. The molecular weight excluding hydrogens is 208 g/mol. The predicted molar refractivity (Wildman–Crippen MR) is 74.3 cm³/mol. The van der Waals surface area contributed by atoms with Crippen molar-refractivity contribution < 1.29 is 0 Å². The smallest absolute Gasteiger partial charge is 0.0120 e. The van der Waals surface area contributed by atoms with Crippen LogP contribution in [0.4, 0.5) is 0 Å². The van der Waals surface area contributed by atoms with Gasteiger partial charge in [0.2, 0.25) is 0 Å². The van der Waals surface area contributed by atoms with Gasteiger partial charge in [-0.05, 0) is 63.7 Å². The monoisotopic (exact) mass is 238 g/mol. The Morgan fingerprint density at radius 3 is 2.35 bits per heavy atom. The average Bonchev–Trinajstić information content (AvgIpc) is 2.77. The van der Waals surface area contributed by atoms with Crippen LogP contribution in [0.25, 0.3) is 0 Å². The predicted octanol–water partition coefficient (Wildman–Crippen LogP) is 2.84. The Hall–Kier alpha value is -0.0800. The van der Waals surface area contributed by atoms with E-state index in [1.54, 1.807) is 0 Å². The summed E-state index contributed by atoms with van der Waals surface area (Å²) < 4.78 is 0. The lowest BCUT2D eigenvalue weighted by atomic mass is 9.96. The molecule has 100 valence electrons. The molecule has 17 heavy (non-hydrogen) atoms. The van der Waals surface area contributed by atoms with Crippen molar-refractivity contribution in [2.75, 3.05) is 32.7 Å². The Balaban J connectivity index is 1.73. The molecule has 2 saturated heterocycles. The molecule has 1 atom stereocenters. The van der Waals surface area contributed by atoms with Crippen molar-refractivity contribution in [3.05, 3.63) is 0 Å². The highest BCUT2D eigenvalue weighted by Gasteiger charge is 2.30. The van der Waals surface area contributed by atoms with E-state index in [1.807, 2.05) is 0 Å². The van der Waals surface area contributed by atoms with Crippen molar-refractivity contribution >= 4 is 0 Å². The molecule has 0 radical (unpaired) electrons. The second-order valence-electron chi connectivity index (χ2n) is 6.44. The van der Waals surface area contributed by atoms with Gasteiger partial charge in [-0.2, -0.15) is 0 Å². The first kappa shape index (κ1) is 13.4. The Bertz CT molecular complexity index is 219. The minimum Gasteiger partial charge on any atom is -0.303 e. The van der Waals surface area contributed by atoms with Crippen LogP contribution < -0.4 is 0 Å². The van der Waals surface area contributed by atoms with Crippen LogP contribution in [-0.2, 0) is 0 Å². The van der Waals surface area contributed by atoms with E-state index in [0.717, 1.165) is 17.9 Å². The topological polar surface area (TPSA) is 6.48 Å². The molecular formula is C15H30N2. The molecule has 2 aliphatic rings. The Kier molecular flexibility index (Phi) is 4.87. The van der Waals surface area contributed by atoms with Gasteiger partial charge >= 0.3 is 0 Å². The first-order valence-electron chi connectivity index (χ1n) is 7.65. The summed E-state index contributed by atoms with van der Waals surface area (Å²) >= 11 is 0. The molecule has 0 aliphatic carbocycles. The summed E-state index contributed by atoms with van der Waals surface area (Å²) in [5.74, 6) is 1.86. The third-order valence-electron chi connectivity index (χ3n) is 4.64. The standard InChI is InChI=1S/C15H30N2/c1-4-16-8-6-15(7-9-16)17-10-5-14(12-17)11-13(2)3/h13-15H,4-12H2,1-3H3. The van der Waals surface area contributed by atoms with Gasteiger partial charge in [0.15, 0.2) is 0 Å². The maximum Gasteiger partial charge on any atom is 0.0120 e. The van der Waals surface area contributed by atoms with Crippen LogP contribution in [0.3, 0.4) is 0 Å². The molecule has 0 amide bonds. The Morgan fingerprint density at radius 1 is 1.06 bits per heavy atom. The van der Waals surface area contributed by atoms with Crippen molar-refractivity contribution in [1.29, 1.82) is 0 Å². The van der Waals surface area contributed by atoms with E-state index in [0.29, 0.717) is 0 Å². The molecule has 2 fully saturated rings. The van der Waals surface area contributed by atoms with Crippen molar-refractivity contribution in [3.8, 4) is 0 Å². The molecule has 2 nitrogen and oxygen atoms in total. The van der Waals surface area contributed by atoms with Gasteiger partial charge in [0.25, 0.3) is 0 Å². The number of piperidine rings is 1. The minimum atomic E-state index is 0.877. The largest absolute Gasteiger partial charge is 0.303 e. The molecule has 1 unspecified atom stereocenters. The summed E-state index contributed by atoms with van der Waals surface area (Å²) in [7, 11) is 0. The van der Waals surface area contributed by atoms with E-state index in [2.05, 4.69) is 30.6 Å². The number of likely N-dealkylation sites (tertiary alicyclic amines) is 2. The van der Waals surface area contributed by atoms with Crippen LogP contribution >= 0.6 is 0 Å². The lowest BCUT2D eigenvalue weighted by molar-refractivity contribution is 0.126. The van der Waals surface area contributed by atoms with Crippen molar-refractivity contribution in [1.82, 2.24) is 9.80 Å². The fourth-order valence-corrected chi connectivity index (χ4v) is 3.65. The fraction of sp³-hybridized carbons (Fsp3) is 1.00. The third kappa shape index (κ3) is 3.69. The fourth-order valence-electron chi connectivity index (χ4n) is 3.65. The van der Waals surface area contributed by atoms with Gasteiger partial charge in [0.1, 0.15) is 0 Å². The first-order valence-corrected chi connectivity index (χ1v) is 7.65. The zero-order chi connectivity index (χ0) is 12.3. The number of hydrogen-bond donors (Lipinski definition) is 0. The van der Waals surface area contributed by atoms with Gasteiger partial charge in [-0.1, -0.05) is 20.8 Å². The van der Waals surface area contributed by atoms with Crippen LogP contribution in [0.2, 0.25) is 0 Å². The van der Waals surface area contributed by atoms with E-state index < -0.39 is 0 Å². The van der Waals surface area contributed by atoms with Crippen molar-refractivity contribution in [2.24, 2.45) is 11.8 Å². The summed E-state index contributed by atoms with van der Waals surface area (Å²) in [5.41, 5.74) is 0. The highest BCUT2D eigenvalue weighted by atomic mass is 15.2. The maximum absolute atomic E-state index is 2.79. The van der Waals surface area contributed by atoms with E-state index in [1.165, 1.54) is 58.4 Å². The summed E-state index contributed by atoms with van der Waals surface area (Å²) in [4.78, 5) is 5.39. The molecule has 0 spiro atoms. The zero-order valence-corrected chi connectivity index (χ0v) is 12.0. The Labute approximate surface area is 107 Å². The zero-order valence-electron chi connectivity index (χ0n) is 12.0. The van der Waals surface area contributed by atoms with E-state index in [4.69, 9.17) is 0 Å². The quantitative estimate of drug-likeness (QED) is 0.743. The lowest BCUT2D eigenvalue weighted by Crippen LogP contribution is -2.43. The van der Waals surface area contributed by atoms with Gasteiger partial charge in [0, 0.05) is 12.6 Å². The molecule has 0 bridgehead atoms. The molecule has 2 aliphatic heterocycles. The molecule has 2 heteroatoms. The SMILES string of the molecule is CCN1CCC(N2CCC(CC(C)C)C2)CC1. The van der Waals surface area contributed by atoms with Crippen molar-refractivity contribution in [2.45, 2.75) is 52.5 Å². The molecule has 0 aromatic rings. The van der Waals surface area contributed by atoms with Crippen LogP contribution in [0, 0.1) is 11.8 Å². The van der Waals surface area contributed by atoms with Crippen LogP contribution in [0.5, 0.6) is 0 Å². The summed E-state index contributed by atoms with van der Waals surface area (Å²) in [5, 5.41) is 0.